The minimum atomic E-state index is -0.589. The maximum Gasteiger partial charge on any atom is 0.294 e. The number of ether oxygens (including phenoxy) is 1. The van der Waals surface area contributed by atoms with Gasteiger partial charge in [0, 0.05) is 25.3 Å². The fourth-order valence-corrected chi connectivity index (χ4v) is 2.31. The van der Waals surface area contributed by atoms with Gasteiger partial charge in [0.15, 0.2) is 0 Å². The quantitative estimate of drug-likeness (QED) is 0.411. The minimum Gasteiger partial charge on any atom is -0.376 e. The van der Waals surface area contributed by atoms with E-state index in [4.69, 9.17) is 10.6 Å². The molecule has 21 heavy (non-hydrogen) atoms. The third-order valence-corrected chi connectivity index (χ3v) is 3.88. The first-order valence-electron chi connectivity index (χ1n) is 6.60. The molecular formula is C13H18N4O4. The monoisotopic (exact) mass is 294 g/mol. The number of nitrogens with zero attached hydrogens (tertiary/aromatic N) is 1. The number of hydrogen-bond acceptors (Lipinski definition) is 6. The summed E-state index contributed by atoms with van der Waals surface area (Å²) in [7, 11) is 1.62. The third-order valence-electron chi connectivity index (χ3n) is 3.88. The van der Waals surface area contributed by atoms with E-state index >= 15 is 0 Å². The number of amides is 1. The molecule has 0 unspecified atom stereocenters. The van der Waals surface area contributed by atoms with Crippen LogP contribution < -0.4 is 16.6 Å². The van der Waals surface area contributed by atoms with Crippen LogP contribution >= 0.6 is 0 Å². The van der Waals surface area contributed by atoms with Crippen LogP contribution in [0.3, 0.4) is 0 Å². The molecule has 0 aromatic heterocycles. The molecule has 0 bridgehead atoms. The lowest BCUT2D eigenvalue weighted by atomic mass is 9.80. The van der Waals surface area contributed by atoms with Crippen LogP contribution in [0.15, 0.2) is 18.2 Å². The Bertz CT molecular complexity index is 552. The van der Waals surface area contributed by atoms with Gasteiger partial charge in [-0.2, -0.15) is 0 Å². The van der Waals surface area contributed by atoms with Crippen molar-refractivity contribution < 1.29 is 14.5 Å². The maximum absolute atomic E-state index is 12.1. The number of nitro groups is 1. The van der Waals surface area contributed by atoms with Crippen molar-refractivity contribution in [2.45, 2.75) is 24.9 Å². The summed E-state index contributed by atoms with van der Waals surface area (Å²) >= 11 is 0. The number of benzene rings is 1. The van der Waals surface area contributed by atoms with E-state index in [1.54, 1.807) is 7.11 Å². The molecule has 0 saturated heterocycles. The summed E-state index contributed by atoms with van der Waals surface area (Å²) in [5.74, 6) is 4.83. The standard InChI is InChI=1S/C13H18N4O4/c1-21-13(5-2-6-13)8-15-12(18)9-3-4-10(16-14)11(7-9)17(19)20/h3-4,7,16H,2,5-6,8,14H2,1H3,(H,15,18). The van der Waals surface area contributed by atoms with Crippen LogP contribution in [-0.2, 0) is 4.74 Å². The van der Waals surface area contributed by atoms with Crippen LogP contribution in [0.4, 0.5) is 11.4 Å². The van der Waals surface area contributed by atoms with Crippen LogP contribution in [0, 0.1) is 10.1 Å². The number of rotatable bonds is 6. The highest BCUT2D eigenvalue weighted by Crippen LogP contribution is 2.34. The molecule has 1 saturated carbocycles. The van der Waals surface area contributed by atoms with Gasteiger partial charge in [-0.1, -0.05) is 0 Å². The van der Waals surface area contributed by atoms with Crippen LogP contribution in [0.1, 0.15) is 29.6 Å². The van der Waals surface area contributed by atoms with Crippen molar-refractivity contribution in [2.75, 3.05) is 19.1 Å². The van der Waals surface area contributed by atoms with E-state index in [1.807, 2.05) is 0 Å². The number of hydrazine groups is 1. The van der Waals surface area contributed by atoms with Crippen molar-refractivity contribution in [2.24, 2.45) is 5.84 Å². The molecule has 114 valence electrons. The second kappa shape index (κ2) is 6.06. The molecule has 1 aromatic carbocycles. The molecular weight excluding hydrogens is 276 g/mol. The summed E-state index contributed by atoms with van der Waals surface area (Å²) in [6.45, 7) is 0.396. The van der Waals surface area contributed by atoms with Gasteiger partial charge >= 0.3 is 0 Å². The van der Waals surface area contributed by atoms with Crippen molar-refractivity contribution in [1.29, 1.82) is 0 Å². The Kier molecular flexibility index (Phi) is 4.39. The van der Waals surface area contributed by atoms with Crippen LogP contribution in [0.2, 0.25) is 0 Å². The van der Waals surface area contributed by atoms with E-state index in [0.717, 1.165) is 19.3 Å². The van der Waals surface area contributed by atoms with Gasteiger partial charge in [-0.15, -0.1) is 0 Å². The summed E-state index contributed by atoms with van der Waals surface area (Å²) in [4.78, 5) is 22.4. The van der Waals surface area contributed by atoms with Gasteiger partial charge in [-0.25, -0.2) is 0 Å². The van der Waals surface area contributed by atoms with Gasteiger partial charge in [-0.3, -0.25) is 20.8 Å². The summed E-state index contributed by atoms with van der Waals surface area (Å²) in [6.07, 6.45) is 2.88. The van der Waals surface area contributed by atoms with Gasteiger partial charge < -0.3 is 15.5 Å². The Morgan fingerprint density at radius 1 is 1.52 bits per heavy atom. The lowest BCUT2D eigenvalue weighted by Crippen LogP contribution is -2.49. The molecule has 0 heterocycles. The zero-order valence-corrected chi connectivity index (χ0v) is 11.7. The lowest BCUT2D eigenvalue weighted by Gasteiger charge is -2.40. The van der Waals surface area contributed by atoms with Gasteiger partial charge in [0.2, 0.25) is 0 Å². The predicted molar refractivity (Wildman–Crippen MR) is 76.8 cm³/mol. The maximum atomic E-state index is 12.1. The molecule has 2 rings (SSSR count). The molecule has 8 nitrogen and oxygen atoms in total. The van der Waals surface area contributed by atoms with E-state index in [0.29, 0.717) is 6.54 Å². The van der Waals surface area contributed by atoms with Gasteiger partial charge in [0.25, 0.3) is 11.6 Å². The fourth-order valence-electron chi connectivity index (χ4n) is 2.31. The Morgan fingerprint density at radius 3 is 2.71 bits per heavy atom. The Morgan fingerprint density at radius 2 is 2.24 bits per heavy atom. The lowest BCUT2D eigenvalue weighted by molar-refractivity contribution is -0.384. The average Bonchev–Trinajstić information content (AvgIpc) is 2.45. The number of methoxy groups -OCH3 is 1. The van der Waals surface area contributed by atoms with Gasteiger partial charge in [-0.05, 0) is 31.4 Å². The van der Waals surface area contributed by atoms with Crippen molar-refractivity contribution in [3.05, 3.63) is 33.9 Å². The van der Waals surface area contributed by atoms with E-state index in [1.165, 1.54) is 18.2 Å². The first kappa shape index (κ1) is 15.2. The molecule has 0 aliphatic heterocycles. The van der Waals surface area contributed by atoms with Crippen molar-refractivity contribution in [3.63, 3.8) is 0 Å². The summed E-state index contributed by atoms with van der Waals surface area (Å²) in [5.41, 5.74) is 2.07. The number of nitrogen functional groups attached to an aromatic ring is 1. The zero-order chi connectivity index (χ0) is 15.5. The van der Waals surface area contributed by atoms with Crippen LogP contribution in [0.25, 0.3) is 0 Å². The highest BCUT2D eigenvalue weighted by atomic mass is 16.6. The molecule has 0 spiro atoms. The van der Waals surface area contributed by atoms with E-state index in [2.05, 4.69) is 10.7 Å². The second-order valence-electron chi connectivity index (χ2n) is 5.06. The molecule has 1 amide bonds. The third kappa shape index (κ3) is 3.11. The average molecular weight is 294 g/mol. The smallest absolute Gasteiger partial charge is 0.294 e. The molecule has 1 aliphatic rings. The largest absolute Gasteiger partial charge is 0.376 e. The number of anilines is 1. The second-order valence-corrected chi connectivity index (χ2v) is 5.06. The SMILES string of the molecule is COC1(CNC(=O)c2ccc(NN)c([N+](=O)[O-])c2)CCC1. The van der Waals surface area contributed by atoms with E-state index in [9.17, 15) is 14.9 Å². The molecule has 4 N–H and O–H groups in total. The van der Waals surface area contributed by atoms with Crippen molar-refractivity contribution in [3.8, 4) is 0 Å². The summed E-state index contributed by atoms with van der Waals surface area (Å²) < 4.78 is 5.41. The number of carbonyl (C=O) groups is 1. The molecule has 0 atom stereocenters. The summed E-state index contributed by atoms with van der Waals surface area (Å²) in [6, 6.07) is 4.09. The number of carbonyl (C=O) groups excluding carboxylic acids is 1. The zero-order valence-electron chi connectivity index (χ0n) is 11.7. The van der Waals surface area contributed by atoms with Gasteiger partial charge in [0.05, 0.1) is 10.5 Å². The first-order chi connectivity index (χ1) is 10.0. The minimum absolute atomic E-state index is 0.156. The van der Waals surface area contributed by atoms with E-state index < -0.39 is 4.92 Å². The normalized spacial score (nSPS) is 15.9. The van der Waals surface area contributed by atoms with Crippen LogP contribution in [0.5, 0.6) is 0 Å². The number of nitrogens with one attached hydrogen (secondary N) is 2. The van der Waals surface area contributed by atoms with Crippen LogP contribution in [-0.4, -0.2) is 30.1 Å². The van der Waals surface area contributed by atoms with Gasteiger partial charge in [0.1, 0.15) is 5.69 Å². The molecule has 8 heteroatoms. The van der Waals surface area contributed by atoms with Crippen molar-refractivity contribution >= 4 is 17.3 Å². The molecule has 0 radical (unpaired) electrons. The first-order valence-corrected chi connectivity index (χ1v) is 6.60. The highest BCUT2D eigenvalue weighted by Gasteiger charge is 2.37. The summed E-state index contributed by atoms with van der Waals surface area (Å²) in [5, 5.41) is 13.7. The fraction of sp³-hybridized carbons (Fsp3) is 0.462. The number of hydrogen-bond donors (Lipinski definition) is 3. The predicted octanol–water partition coefficient (Wildman–Crippen LogP) is 1.18. The molecule has 1 fully saturated rings. The molecule has 1 aliphatic carbocycles. The number of nitrogens with two attached hydrogens (primary N) is 1. The highest BCUT2D eigenvalue weighted by molar-refractivity contribution is 5.95. The topological polar surface area (TPSA) is 120 Å². The Labute approximate surface area is 121 Å². The van der Waals surface area contributed by atoms with E-state index in [-0.39, 0.29) is 28.4 Å². The Hall–Kier alpha value is -2.19. The number of nitro benzene ring substituents is 1. The molecule has 1 aromatic rings. The Balaban J connectivity index is 2.09. The van der Waals surface area contributed by atoms with Crippen molar-refractivity contribution in [1.82, 2.24) is 5.32 Å².